The highest BCUT2D eigenvalue weighted by atomic mass is 16.5. The number of nitrogens with zero attached hydrogens (tertiary/aromatic N) is 1. The number of rotatable bonds is 2. The van der Waals surface area contributed by atoms with Gasteiger partial charge in [-0.2, -0.15) is 0 Å². The van der Waals surface area contributed by atoms with E-state index >= 15 is 0 Å². The third kappa shape index (κ3) is 2.45. The lowest BCUT2D eigenvalue weighted by Crippen LogP contribution is -2.45. The van der Waals surface area contributed by atoms with Gasteiger partial charge in [0.05, 0.1) is 24.3 Å². The maximum atomic E-state index is 11.6. The maximum absolute atomic E-state index is 11.6. The number of nitrogens with two attached hydrogens (primary N) is 1. The van der Waals surface area contributed by atoms with Gasteiger partial charge in [0, 0.05) is 7.05 Å². The van der Waals surface area contributed by atoms with Crippen LogP contribution in [-0.2, 0) is 9.53 Å². The van der Waals surface area contributed by atoms with Crippen molar-refractivity contribution < 1.29 is 9.53 Å². The normalized spacial score (nSPS) is 27.4. The zero-order chi connectivity index (χ0) is 10.9. The van der Waals surface area contributed by atoms with Crippen molar-refractivity contribution in [2.75, 3.05) is 13.7 Å². The van der Waals surface area contributed by atoms with Crippen molar-refractivity contribution in [3.8, 4) is 0 Å². The minimum Gasteiger partial charge on any atom is -0.373 e. The van der Waals surface area contributed by atoms with Crippen molar-refractivity contribution in [3.05, 3.63) is 0 Å². The Labute approximate surface area is 85.4 Å². The molecule has 1 fully saturated rings. The lowest BCUT2D eigenvalue weighted by molar-refractivity contribution is -0.132. The van der Waals surface area contributed by atoms with Crippen molar-refractivity contribution in [2.45, 2.75) is 44.9 Å². The number of likely N-dealkylation sites (N-methyl/N-ethyl adjacent to an activating group) is 1. The molecule has 0 aromatic carbocycles. The summed E-state index contributed by atoms with van der Waals surface area (Å²) in [6.07, 6.45) is 0.877. The summed E-state index contributed by atoms with van der Waals surface area (Å²) in [5.74, 6) is -0.0173. The van der Waals surface area contributed by atoms with Gasteiger partial charge in [-0.15, -0.1) is 0 Å². The van der Waals surface area contributed by atoms with Gasteiger partial charge in [-0.25, -0.2) is 0 Å². The van der Waals surface area contributed by atoms with Crippen LogP contribution < -0.4 is 5.73 Å². The molecule has 0 saturated carbocycles. The molecule has 0 aromatic heterocycles. The van der Waals surface area contributed by atoms with E-state index in [0.717, 1.165) is 6.42 Å². The van der Waals surface area contributed by atoms with Crippen LogP contribution in [0.1, 0.15) is 27.2 Å². The van der Waals surface area contributed by atoms with E-state index in [9.17, 15) is 4.79 Å². The Balaban J connectivity index is 2.55. The zero-order valence-electron chi connectivity index (χ0n) is 9.41. The van der Waals surface area contributed by atoms with Crippen LogP contribution in [0.5, 0.6) is 0 Å². The van der Waals surface area contributed by atoms with Gasteiger partial charge in [-0.1, -0.05) is 0 Å². The fourth-order valence-corrected chi connectivity index (χ4v) is 1.76. The molecule has 2 N–H and O–H groups in total. The molecule has 0 radical (unpaired) electrons. The average Bonchev–Trinajstić information content (AvgIpc) is 2.43. The van der Waals surface area contributed by atoms with E-state index in [-0.39, 0.29) is 17.6 Å². The first-order chi connectivity index (χ1) is 6.33. The summed E-state index contributed by atoms with van der Waals surface area (Å²) < 4.78 is 5.57. The fraction of sp³-hybridized carbons (Fsp3) is 0.900. The van der Waals surface area contributed by atoms with Gasteiger partial charge in [0.2, 0.25) is 5.91 Å². The average molecular weight is 200 g/mol. The summed E-state index contributed by atoms with van der Waals surface area (Å²) in [5, 5.41) is 0. The van der Waals surface area contributed by atoms with Crippen LogP contribution in [0.4, 0.5) is 0 Å². The molecule has 0 aromatic rings. The number of hydrogen-bond donors (Lipinski definition) is 1. The van der Waals surface area contributed by atoms with E-state index in [0.29, 0.717) is 6.61 Å². The minimum atomic E-state index is -0.427. The zero-order valence-corrected chi connectivity index (χ0v) is 9.41. The lowest BCUT2D eigenvalue weighted by Gasteiger charge is -2.25. The highest BCUT2D eigenvalue weighted by Crippen LogP contribution is 2.27. The van der Waals surface area contributed by atoms with Gasteiger partial charge in [0.1, 0.15) is 0 Å². The van der Waals surface area contributed by atoms with Crippen LogP contribution in [0.2, 0.25) is 0 Å². The molecule has 1 aliphatic rings. The van der Waals surface area contributed by atoms with E-state index in [2.05, 4.69) is 0 Å². The molecule has 4 nitrogen and oxygen atoms in total. The fourth-order valence-electron chi connectivity index (χ4n) is 1.76. The third-order valence-electron chi connectivity index (χ3n) is 2.68. The number of carbonyl (C=O) groups is 1. The Morgan fingerprint density at radius 3 is 2.57 bits per heavy atom. The predicted molar refractivity (Wildman–Crippen MR) is 54.9 cm³/mol. The van der Waals surface area contributed by atoms with E-state index in [1.807, 2.05) is 13.8 Å². The molecule has 1 amide bonds. The van der Waals surface area contributed by atoms with Crippen LogP contribution in [0, 0.1) is 0 Å². The van der Waals surface area contributed by atoms with Gasteiger partial charge in [0.25, 0.3) is 0 Å². The summed E-state index contributed by atoms with van der Waals surface area (Å²) in [5.41, 5.74) is 5.43. The molecule has 1 unspecified atom stereocenters. The Kier molecular flexibility index (Phi) is 3.17. The van der Waals surface area contributed by atoms with Crippen molar-refractivity contribution in [2.24, 2.45) is 5.73 Å². The topological polar surface area (TPSA) is 55.6 Å². The predicted octanol–water partition coefficient (Wildman–Crippen LogP) is 0.360. The number of carbonyl (C=O) groups excluding carboxylic acids is 1. The van der Waals surface area contributed by atoms with Gasteiger partial charge in [-0.3, -0.25) is 4.79 Å². The molecular weight excluding hydrogens is 180 g/mol. The van der Waals surface area contributed by atoms with Crippen molar-refractivity contribution in [1.82, 2.24) is 4.90 Å². The van der Waals surface area contributed by atoms with E-state index in [1.54, 1.807) is 18.9 Å². The Bertz CT molecular complexity index is 226. The summed E-state index contributed by atoms with van der Waals surface area (Å²) >= 11 is 0. The first-order valence-electron chi connectivity index (χ1n) is 5.00. The molecule has 0 spiro atoms. The Morgan fingerprint density at radius 1 is 1.64 bits per heavy atom. The number of ether oxygens (including phenoxy) is 1. The monoisotopic (exact) mass is 200 g/mol. The molecule has 1 rings (SSSR count). The lowest BCUT2D eigenvalue weighted by atomic mass is 10.0. The quantitative estimate of drug-likeness (QED) is 0.700. The summed E-state index contributed by atoms with van der Waals surface area (Å²) in [6.45, 7) is 6.40. The third-order valence-corrected chi connectivity index (χ3v) is 2.68. The van der Waals surface area contributed by atoms with Gasteiger partial charge >= 0.3 is 0 Å². The molecule has 1 saturated heterocycles. The summed E-state index contributed by atoms with van der Waals surface area (Å²) in [7, 11) is 1.79. The van der Waals surface area contributed by atoms with Crippen molar-refractivity contribution in [1.29, 1.82) is 0 Å². The minimum absolute atomic E-state index is 0.0173. The van der Waals surface area contributed by atoms with Crippen LogP contribution in [0.3, 0.4) is 0 Å². The molecule has 1 aliphatic heterocycles. The van der Waals surface area contributed by atoms with Crippen molar-refractivity contribution >= 4 is 5.91 Å². The second-order valence-electron chi connectivity index (χ2n) is 4.67. The largest absolute Gasteiger partial charge is 0.373 e. The SMILES string of the molecule is C[C@H](N)C(=O)N(C)C1COC(C)(C)C1. The Hall–Kier alpha value is -0.610. The van der Waals surface area contributed by atoms with Crippen LogP contribution >= 0.6 is 0 Å². The van der Waals surface area contributed by atoms with Crippen LogP contribution in [-0.4, -0.2) is 42.1 Å². The van der Waals surface area contributed by atoms with Gasteiger partial charge < -0.3 is 15.4 Å². The number of hydrogen-bond acceptors (Lipinski definition) is 3. The highest BCUT2D eigenvalue weighted by molar-refractivity contribution is 5.81. The molecular formula is C10H20N2O2. The van der Waals surface area contributed by atoms with E-state index < -0.39 is 6.04 Å². The highest BCUT2D eigenvalue weighted by Gasteiger charge is 2.36. The first-order valence-corrected chi connectivity index (χ1v) is 5.00. The summed E-state index contributed by atoms with van der Waals surface area (Å²) in [6, 6.07) is -0.257. The molecule has 2 atom stereocenters. The standard InChI is InChI=1S/C10H20N2O2/c1-7(11)9(13)12(4)8-5-10(2,3)14-6-8/h7-8H,5-6,11H2,1-4H3/t7-,8?/m0/s1. The Morgan fingerprint density at radius 2 is 2.21 bits per heavy atom. The first kappa shape index (κ1) is 11.5. The molecule has 4 heteroatoms. The smallest absolute Gasteiger partial charge is 0.239 e. The van der Waals surface area contributed by atoms with E-state index in [4.69, 9.17) is 10.5 Å². The summed E-state index contributed by atoms with van der Waals surface area (Å²) in [4.78, 5) is 13.3. The number of amides is 1. The van der Waals surface area contributed by atoms with Crippen LogP contribution in [0.15, 0.2) is 0 Å². The molecule has 82 valence electrons. The molecule has 0 bridgehead atoms. The van der Waals surface area contributed by atoms with E-state index in [1.165, 1.54) is 0 Å². The maximum Gasteiger partial charge on any atom is 0.239 e. The van der Waals surface area contributed by atoms with Crippen LogP contribution in [0.25, 0.3) is 0 Å². The van der Waals surface area contributed by atoms with Crippen molar-refractivity contribution in [3.63, 3.8) is 0 Å². The second-order valence-corrected chi connectivity index (χ2v) is 4.67. The van der Waals surface area contributed by atoms with Gasteiger partial charge in [-0.05, 0) is 27.2 Å². The molecule has 1 heterocycles. The molecule has 14 heavy (non-hydrogen) atoms. The second kappa shape index (κ2) is 3.87. The molecule has 0 aliphatic carbocycles. The van der Waals surface area contributed by atoms with Gasteiger partial charge in [0.15, 0.2) is 0 Å².